The first kappa shape index (κ1) is 13.8. The van der Waals surface area contributed by atoms with Crippen LogP contribution in [-0.4, -0.2) is 43.0 Å². The molecule has 2 rings (SSSR count). The Labute approximate surface area is 111 Å². The fourth-order valence-corrected chi connectivity index (χ4v) is 2.05. The zero-order valence-corrected chi connectivity index (χ0v) is 11.0. The van der Waals surface area contributed by atoms with Crippen LogP contribution in [0.25, 0.3) is 0 Å². The fourth-order valence-electron chi connectivity index (χ4n) is 2.05. The molecule has 0 aromatic carbocycles. The van der Waals surface area contributed by atoms with E-state index in [1.54, 1.807) is 4.90 Å². The minimum Gasteiger partial charge on any atom is -0.379 e. The first-order valence-electron chi connectivity index (χ1n) is 6.58. The lowest BCUT2D eigenvalue weighted by molar-refractivity contribution is 0.122. The molecule has 1 aromatic heterocycles. The smallest absolute Gasteiger partial charge is 0.289 e. The van der Waals surface area contributed by atoms with Crippen LogP contribution in [0.2, 0.25) is 0 Å². The normalized spacial score (nSPS) is 15.6. The zero-order valence-electron chi connectivity index (χ0n) is 11.0. The average molecular weight is 270 g/mol. The number of ether oxygens (including phenoxy) is 1. The molecular formula is C12H19FN4O2. The van der Waals surface area contributed by atoms with Gasteiger partial charge in [-0.2, -0.15) is 4.39 Å². The molecule has 0 saturated carbocycles. The number of hydrogen-bond donors (Lipinski definition) is 2. The molecule has 0 bridgehead atoms. The number of rotatable bonds is 5. The van der Waals surface area contributed by atoms with Gasteiger partial charge in [0.25, 0.3) is 11.5 Å². The van der Waals surface area contributed by atoms with Crippen molar-refractivity contribution in [1.82, 2.24) is 10.2 Å². The molecule has 1 aliphatic heterocycles. The number of halogens is 1. The number of nitrogens with one attached hydrogen (secondary N) is 2. The van der Waals surface area contributed by atoms with Gasteiger partial charge in [-0.15, -0.1) is 5.10 Å². The highest BCUT2D eigenvalue weighted by Gasteiger charge is 2.22. The van der Waals surface area contributed by atoms with Crippen molar-refractivity contribution in [2.45, 2.75) is 19.8 Å². The summed E-state index contributed by atoms with van der Waals surface area (Å²) in [4.78, 5) is 13.6. The molecule has 0 atom stereocenters. The van der Waals surface area contributed by atoms with Crippen LogP contribution in [0.4, 0.5) is 15.8 Å². The molecule has 0 amide bonds. The first-order chi connectivity index (χ1) is 9.24. The van der Waals surface area contributed by atoms with E-state index in [9.17, 15) is 9.18 Å². The van der Waals surface area contributed by atoms with Crippen LogP contribution in [0.5, 0.6) is 0 Å². The van der Waals surface area contributed by atoms with Gasteiger partial charge in [-0.1, -0.05) is 13.3 Å². The van der Waals surface area contributed by atoms with Crippen molar-refractivity contribution in [2.24, 2.45) is 0 Å². The molecule has 1 aromatic rings. The van der Waals surface area contributed by atoms with Gasteiger partial charge >= 0.3 is 0 Å². The Morgan fingerprint density at radius 1 is 1.47 bits per heavy atom. The highest BCUT2D eigenvalue weighted by Crippen LogP contribution is 2.25. The van der Waals surface area contributed by atoms with Crippen molar-refractivity contribution >= 4 is 11.4 Å². The van der Waals surface area contributed by atoms with E-state index >= 15 is 0 Å². The van der Waals surface area contributed by atoms with E-state index in [0.717, 1.165) is 12.8 Å². The number of aromatic amines is 1. The molecule has 2 heterocycles. The number of anilines is 2. The quantitative estimate of drug-likeness (QED) is 0.780. The van der Waals surface area contributed by atoms with Crippen molar-refractivity contribution in [3.63, 3.8) is 0 Å². The van der Waals surface area contributed by atoms with E-state index in [1.165, 1.54) is 0 Å². The van der Waals surface area contributed by atoms with E-state index in [-0.39, 0.29) is 16.9 Å². The van der Waals surface area contributed by atoms with Crippen LogP contribution < -0.4 is 15.8 Å². The molecule has 1 fully saturated rings. The summed E-state index contributed by atoms with van der Waals surface area (Å²) in [6, 6.07) is 0. The van der Waals surface area contributed by atoms with E-state index in [2.05, 4.69) is 22.4 Å². The summed E-state index contributed by atoms with van der Waals surface area (Å²) in [7, 11) is 0. The lowest BCUT2D eigenvalue weighted by Gasteiger charge is -2.30. The lowest BCUT2D eigenvalue weighted by atomic mass is 10.2. The number of unbranched alkanes of at least 4 members (excludes halogenated alkanes) is 1. The summed E-state index contributed by atoms with van der Waals surface area (Å²) in [6.45, 7) is 4.87. The van der Waals surface area contributed by atoms with E-state index in [4.69, 9.17) is 4.74 Å². The molecule has 0 aliphatic carbocycles. The van der Waals surface area contributed by atoms with Gasteiger partial charge in [0.05, 0.1) is 13.2 Å². The number of hydrogen-bond acceptors (Lipinski definition) is 5. The molecule has 7 heteroatoms. The number of aromatic nitrogens is 2. The van der Waals surface area contributed by atoms with E-state index in [0.29, 0.717) is 32.8 Å². The van der Waals surface area contributed by atoms with Gasteiger partial charge in [0.15, 0.2) is 0 Å². The van der Waals surface area contributed by atoms with Gasteiger partial charge in [-0.05, 0) is 6.42 Å². The van der Waals surface area contributed by atoms with Crippen LogP contribution in [-0.2, 0) is 4.74 Å². The maximum Gasteiger partial charge on any atom is 0.289 e. The van der Waals surface area contributed by atoms with Crippen molar-refractivity contribution < 1.29 is 9.13 Å². The first-order valence-corrected chi connectivity index (χ1v) is 6.58. The minimum atomic E-state index is -0.652. The second-order valence-corrected chi connectivity index (χ2v) is 4.45. The molecule has 19 heavy (non-hydrogen) atoms. The maximum absolute atomic E-state index is 13.9. The summed E-state index contributed by atoms with van der Waals surface area (Å²) in [5.41, 5.74) is 0.130. The highest BCUT2D eigenvalue weighted by molar-refractivity contribution is 5.68. The largest absolute Gasteiger partial charge is 0.379 e. The average Bonchev–Trinajstić information content (AvgIpc) is 2.44. The minimum absolute atomic E-state index is 0.253. The van der Waals surface area contributed by atoms with Crippen molar-refractivity contribution in [3.8, 4) is 0 Å². The molecule has 0 unspecified atom stereocenters. The number of H-pyrrole nitrogens is 1. The Kier molecular flexibility index (Phi) is 4.73. The van der Waals surface area contributed by atoms with Crippen LogP contribution >= 0.6 is 0 Å². The van der Waals surface area contributed by atoms with Crippen LogP contribution in [0.1, 0.15) is 19.8 Å². The predicted molar refractivity (Wildman–Crippen MR) is 71.2 cm³/mol. The second kappa shape index (κ2) is 6.51. The second-order valence-electron chi connectivity index (χ2n) is 4.45. The molecule has 2 N–H and O–H groups in total. The van der Waals surface area contributed by atoms with Gasteiger partial charge in [-0.3, -0.25) is 4.79 Å². The SMILES string of the molecule is CCCCNc1c(N2CCOCC2)c(F)n[nH]c1=O. The Hall–Kier alpha value is -1.63. The van der Waals surface area contributed by atoms with Crippen LogP contribution in [0, 0.1) is 5.95 Å². The number of nitrogens with zero attached hydrogens (tertiary/aromatic N) is 2. The molecule has 106 valence electrons. The Morgan fingerprint density at radius 3 is 2.89 bits per heavy atom. The molecule has 1 aliphatic rings. The topological polar surface area (TPSA) is 70.2 Å². The third-order valence-electron chi connectivity index (χ3n) is 3.07. The molecule has 1 saturated heterocycles. The Morgan fingerprint density at radius 2 is 2.21 bits per heavy atom. The fraction of sp³-hybridized carbons (Fsp3) is 0.667. The van der Waals surface area contributed by atoms with E-state index in [1.807, 2.05) is 0 Å². The summed E-state index contributed by atoms with van der Waals surface area (Å²) in [5.74, 6) is -0.652. The third-order valence-corrected chi connectivity index (χ3v) is 3.07. The molecule has 6 nitrogen and oxygen atoms in total. The summed E-state index contributed by atoms with van der Waals surface area (Å²) in [5, 5.41) is 8.60. The van der Waals surface area contributed by atoms with Gasteiger partial charge in [0.1, 0.15) is 11.4 Å². The van der Waals surface area contributed by atoms with Gasteiger partial charge in [-0.25, -0.2) is 5.10 Å². The predicted octanol–water partition coefficient (Wildman–Crippen LogP) is 0.958. The summed E-state index contributed by atoms with van der Waals surface area (Å²) in [6.07, 6.45) is 1.93. The highest BCUT2D eigenvalue weighted by atomic mass is 19.1. The molecular weight excluding hydrogens is 251 g/mol. The van der Waals surface area contributed by atoms with Crippen molar-refractivity contribution in [1.29, 1.82) is 0 Å². The van der Waals surface area contributed by atoms with Crippen molar-refractivity contribution in [3.05, 3.63) is 16.3 Å². The standard InChI is InChI=1S/C12H19FN4O2/c1-2-3-4-14-9-10(11(13)15-16-12(9)18)17-5-7-19-8-6-17/h2-8H2,1H3,(H,14,15)(H,16,18). The Balaban J connectivity index is 2.27. The molecule has 0 spiro atoms. The van der Waals surface area contributed by atoms with Crippen LogP contribution in [0.15, 0.2) is 4.79 Å². The monoisotopic (exact) mass is 270 g/mol. The van der Waals surface area contributed by atoms with Gasteiger partial charge in [0, 0.05) is 19.6 Å². The van der Waals surface area contributed by atoms with Gasteiger partial charge < -0.3 is 15.0 Å². The van der Waals surface area contributed by atoms with Gasteiger partial charge in [0.2, 0.25) is 0 Å². The summed E-state index contributed by atoms with van der Waals surface area (Å²) < 4.78 is 19.2. The zero-order chi connectivity index (χ0) is 13.7. The maximum atomic E-state index is 13.9. The Bertz CT molecular complexity index is 471. The van der Waals surface area contributed by atoms with E-state index < -0.39 is 5.95 Å². The van der Waals surface area contributed by atoms with Crippen molar-refractivity contribution in [2.75, 3.05) is 43.1 Å². The van der Waals surface area contributed by atoms with Crippen LogP contribution in [0.3, 0.4) is 0 Å². The summed E-state index contributed by atoms with van der Waals surface area (Å²) >= 11 is 0. The lowest BCUT2D eigenvalue weighted by Crippen LogP contribution is -2.38. The third kappa shape index (κ3) is 3.23. The molecule has 0 radical (unpaired) electrons. The number of morpholine rings is 1.